The van der Waals surface area contributed by atoms with Crippen LogP contribution in [0.1, 0.15) is 5.76 Å². The molecule has 0 saturated heterocycles. The lowest BCUT2D eigenvalue weighted by Gasteiger charge is -2.02. The fourth-order valence-electron chi connectivity index (χ4n) is 2.12. The summed E-state index contributed by atoms with van der Waals surface area (Å²) in [5.41, 5.74) is 1.54. The van der Waals surface area contributed by atoms with E-state index in [1.807, 2.05) is 24.3 Å². The highest BCUT2D eigenvalue weighted by molar-refractivity contribution is 5.59. The van der Waals surface area contributed by atoms with Gasteiger partial charge in [-0.05, 0) is 30.3 Å². The maximum atomic E-state index is 10.7. The number of rotatable bonds is 6. The Kier molecular flexibility index (Phi) is 4.42. The van der Waals surface area contributed by atoms with Crippen molar-refractivity contribution in [3.8, 4) is 22.8 Å². The second-order valence-electron chi connectivity index (χ2n) is 4.95. The molecule has 0 atom stereocenters. The van der Waals surface area contributed by atoms with Crippen molar-refractivity contribution in [2.75, 3.05) is 7.11 Å². The molecule has 0 bridgehead atoms. The molecule has 0 amide bonds. The van der Waals surface area contributed by atoms with Gasteiger partial charge in [0.1, 0.15) is 23.8 Å². The van der Waals surface area contributed by atoms with E-state index in [0.717, 1.165) is 11.3 Å². The van der Waals surface area contributed by atoms with Gasteiger partial charge < -0.3 is 14.0 Å². The molecule has 1 heterocycles. The number of hydrogen-bond donors (Lipinski definition) is 0. The Morgan fingerprint density at radius 3 is 2.62 bits per heavy atom. The minimum absolute atomic E-state index is 0.0241. The smallest absolute Gasteiger partial charge is 0.273 e. The molecule has 3 rings (SSSR count). The zero-order valence-electron chi connectivity index (χ0n) is 12.8. The summed E-state index contributed by atoms with van der Waals surface area (Å²) in [6.07, 6.45) is 0. The van der Waals surface area contributed by atoms with Crippen molar-refractivity contribution in [2.45, 2.75) is 6.61 Å². The lowest BCUT2D eigenvalue weighted by molar-refractivity contribution is -0.384. The van der Waals surface area contributed by atoms with E-state index >= 15 is 0 Å². The highest BCUT2D eigenvalue weighted by atomic mass is 16.6. The molecule has 0 unspecified atom stereocenters. The van der Waals surface area contributed by atoms with Gasteiger partial charge in [0.05, 0.1) is 18.1 Å². The number of nitro groups is 1. The molecule has 122 valence electrons. The van der Waals surface area contributed by atoms with E-state index in [9.17, 15) is 10.1 Å². The number of ether oxygens (including phenoxy) is 2. The van der Waals surface area contributed by atoms with Gasteiger partial charge in [-0.1, -0.05) is 11.2 Å². The van der Waals surface area contributed by atoms with E-state index in [2.05, 4.69) is 5.16 Å². The average Bonchev–Trinajstić information content (AvgIpc) is 3.09. The Morgan fingerprint density at radius 1 is 1.12 bits per heavy atom. The molecule has 0 aliphatic heterocycles. The van der Waals surface area contributed by atoms with Gasteiger partial charge in [-0.15, -0.1) is 0 Å². The molecule has 0 aliphatic rings. The number of hydrogen-bond acceptors (Lipinski definition) is 6. The lowest BCUT2D eigenvalue weighted by atomic mass is 10.1. The highest BCUT2D eigenvalue weighted by Gasteiger charge is 2.10. The lowest BCUT2D eigenvalue weighted by Crippen LogP contribution is -1.95. The minimum Gasteiger partial charge on any atom is -0.497 e. The molecule has 7 nitrogen and oxygen atoms in total. The van der Waals surface area contributed by atoms with Crippen molar-refractivity contribution in [3.63, 3.8) is 0 Å². The molecule has 0 fully saturated rings. The molecule has 0 aliphatic carbocycles. The van der Waals surface area contributed by atoms with E-state index in [1.54, 1.807) is 25.3 Å². The highest BCUT2D eigenvalue weighted by Crippen LogP contribution is 2.24. The van der Waals surface area contributed by atoms with Gasteiger partial charge in [0, 0.05) is 17.7 Å². The van der Waals surface area contributed by atoms with E-state index in [-0.39, 0.29) is 12.3 Å². The largest absolute Gasteiger partial charge is 0.497 e. The first kappa shape index (κ1) is 15.5. The Labute approximate surface area is 137 Å². The maximum Gasteiger partial charge on any atom is 0.273 e. The molecule has 0 saturated carbocycles. The first-order valence-corrected chi connectivity index (χ1v) is 7.13. The standard InChI is InChI=1S/C17H14N2O5/c1-22-14-7-5-12(6-8-14)17-10-16(24-18-17)11-23-15-4-2-3-13(9-15)19(20)21/h2-10H,11H2,1H3. The monoisotopic (exact) mass is 326 g/mol. The van der Waals surface area contributed by atoms with Crippen LogP contribution in [0.15, 0.2) is 59.1 Å². The number of methoxy groups -OCH3 is 1. The molecular weight excluding hydrogens is 312 g/mol. The second kappa shape index (κ2) is 6.82. The fourth-order valence-corrected chi connectivity index (χ4v) is 2.12. The van der Waals surface area contributed by atoms with Crippen LogP contribution in [0.5, 0.6) is 11.5 Å². The second-order valence-corrected chi connectivity index (χ2v) is 4.95. The van der Waals surface area contributed by atoms with Gasteiger partial charge in [-0.25, -0.2) is 0 Å². The topological polar surface area (TPSA) is 87.6 Å². The van der Waals surface area contributed by atoms with Crippen LogP contribution in [0.25, 0.3) is 11.3 Å². The van der Waals surface area contributed by atoms with Gasteiger partial charge in [0.2, 0.25) is 0 Å². The molecule has 0 radical (unpaired) electrons. The van der Waals surface area contributed by atoms with Crippen molar-refractivity contribution in [1.82, 2.24) is 5.16 Å². The third kappa shape index (κ3) is 3.52. The van der Waals surface area contributed by atoms with Gasteiger partial charge in [0.15, 0.2) is 5.76 Å². The molecule has 3 aromatic rings. The molecule has 7 heteroatoms. The van der Waals surface area contributed by atoms with Crippen LogP contribution in [-0.4, -0.2) is 17.2 Å². The number of aromatic nitrogens is 1. The van der Waals surface area contributed by atoms with Gasteiger partial charge in [-0.3, -0.25) is 10.1 Å². The predicted molar refractivity (Wildman–Crippen MR) is 85.9 cm³/mol. The van der Waals surface area contributed by atoms with Crippen molar-refractivity contribution < 1.29 is 18.9 Å². The van der Waals surface area contributed by atoms with E-state index in [1.165, 1.54) is 12.1 Å². The Hall–Kier alpha value is -3.35. The SMILES string of the molecule is COc1ccc(-c2cc(COc3cccc([N+](=O)[O-])c3)on2)cc1. The quantitative estimate of drug-likeness (QED) is 0.505. The summed E-state index contributed by atoms with van der Waals surface area (Å²) in [6.45, 7) is 0.129. The first-order chi connectivity index (χ1) is 11.7. The van der Waals surface area contributed by atoms with Gasteiger partial charge >= 0.3 is 0 Å². The third-order valence-corrected chi connectivity index (χ3v) is 3.35. The summed E-state index contributed by atoms with van der Waals surface area (Å²) in [4.78, 5) is 10.3. The third-order valence-electron chi connectivity index (χ3n) is 3.35. The Balaban J connectivity index is 1.67. The molecule has 1 aromatic heterocycles. The zero-order chi connectivity index (χ0) is 16.9. The van der Waals surface area contributed by atoms with Crippen LogP contribution in [-0.2, 0) is 6.61 Å². The summed E-state index contributed by atoms with van der Waals surface area (Å²) in [7, 11) is 1.61. The Morgan fingerprint density at radius 2 is 1.92 bits per heavy atom. The molecule has 2 aromatic carbocycles. The summed E-state index contributed by atoms with van der Waals surface area (Å²) < 4.78 is 15.9. The van der Waals surface area contributed by atoms with Crippen LogP contribution in [0.4, 0.5) is 5.69 Å². The minimum atomic E-state index is -0.469. The fraction of sp³-hybridized carbons (Fsp3) is 0.118. The first-order valence-electron chi connectivity index (χ1n) is 7.13. The molecule has 0 spiro atoms. The van der Waals surface area contributed by atoms with Crippen LogP contribution < -0.4 is 9.47 Å². The van der Waals surface area contributed by atoms with Crippen LogP contribution in [0.3, 0.4) is 0 Å². The van der Waals surface area contributed by atoms with Crippen molar-refractivity contribution in [1.29, 1.82) is 0 Å². The Bertz CT molecular complexity index is 842. The van der Waals surface area contributed by atoms with Gasteiger partial charge in [-0.2, -0.15) is 0 Å². The maximum absolute atomic E-state index is 10.7. The van der Waals surface area contributed by atoms with Crippen LogP contribution in [0.2, 0.25) is 0 Å². The number of nitrogens with zero attached hydrogens (tertiary/aromatic N) is 2. The van der Waals surface area contributed by atoms with Crippen molar-refractivity contribution >= 4 is 5.69 Å². The van der Waals surface area contributed by atoms with Crippen LogP contribution in [0, 0.1) is 10.1 Å². The number of nitro benzene ring substituents is 1. The summed E-state index contributed by atoms with van der Waals surface area (Å²) in [5.74, 6) is 1.68. The predicted octanol–water partition coefficient (Wildman–Crippen LogP) is 3.84. The van der Waals surface area contributed by atoms with E-state index < -0.39 is 4.92 Å². The zero-order valence-corrected chi connectivity index (χ0v) is 12.8. The number of benzene rings is 2. The number of non-ortho nitro benzene ring substituents is 1. The van der Waals surface area contributed by atoms with Gasteiger partial charge in [0.25, 0.3) is 5.69 Å². The summed E-state index contributed by atoms with van der Waals surface area (Å²) in [5, 5.41) is 14.7. The van der Waals surface area contributed by atoms with E-state index in [4.69, 9.17) is 14.0 Å². The average molecular weight is 326 g/mol. The van der Waals surface area contributed by atoms with Crippen LogP contribution >= 0.6 is 0 Å². The molecule has 0 N–H and O–H groups in total. The van der Waals surface area contributed by atoms with E-state index in [0.29, 0.717) is 17.2 Å². The normalized spacial score (nSPS) is 10.4. The molecule has 24 heavy (non-hydrogen) atoms. The molecular formula is C17H14N2O5. The van der Waals surface area contributed by atoms with Crippen molar-refractivity contribution in [2.24, 2.45) is 0 Å². The summed E-state index contributed by atoms with van der Waals surface area (Å²) >= 11 is 0. The summed E-state index contributed by atoms with van der Waals surface area (Å²) in [6, 6.07) is 15.2. The van der Waals surface area contributed by atoms with Crippen molar-refractivity contribution in [3.05, 3.63) is 70.5 Å².